The Morgan fingerprint density at radius 1 is 1.30 bits per heavy atom. The first-order chi connectivity index (χ1) is 9.66. The molecule has 3 atom stereocenters. The van der Waals surface area contributed by atoms with Crippen molar-refractivity contribution >= 4 is 11.6 Å². The summed E-state index contributed by atoms with van der Waals surface area (Å²) in [6.07, 6.45) is 4.88. The van der Waals surface area contributed by atoms with Crippen molar-refractivity contribution in [3.63, 3.8) is 0 Å². The largest absolute Gasteiger partial charge is 0.384 e. The number of anilines is 1. The number of likely N-dealkylation sites (N-methyl/N-ethyl adjacent to an activating group) is 1. The molecule has 0 bridgehead atoms. The molecule has 3 nitrogen and oxygen atoms in total. The van der Waals surface area contributed by atoms with E-state index >= 15 is 0 Å². The van der Waals surface area contributed by atoms with Gasteiger partial charge in [-0.25, -0.2) is 0 Å². The molecule has 1 N–H and O–H groups in total. The molecule has 1 aromatic carbocycles. The molecule has 0 aromatic heterocycles. The lowest BCUT2D eigenvalue weighted by atomic mass is 9.86. The van der Waals surface area contributed by atoms with Crippen molar-refractivity contribution in [1.82, 2.24) is 4.90 Å². The fourth-order valence-electron chi connectivity index (χ4n) is 3.68. The van der Waals surface area contributed by atoms with E-state index < -0.39 is 0 Å². The normalized spacial score (nSPS) is 28.6. The molecule has 1 aromatic rings. The molecular weight excluding hydrogens is 248 g/mol. The van der Waals surface area contributed by atoms with Gasteiger partial charge in [0.15, 0.2) is 0 Å². The molecule has 3 rings (SSSR count). The summed E-state index contributed by atoms with van der Waals surface area (Å²) in [5.74, 6) is 1.02. The molecule has 3 unspecified atom stereocenters. The van der Waals surface area contributed by atoms with Crippen molar-refractivity contribution in [3.8, 4) is 0 Å². The molecule has 1 amide bonds. The third kappa shape index (κ3) is 2.41. The second-order valence-electron chi connectivity index (χ2n) is 6.40. The van der Waals surface area contributed by atoms with Crippen molar-refractivity contribution in [2.24, 2.45) is 5.92 Å². The zero-order valence-electron chi connectivity index (χ0n) is 12.4. The van der Waals surface area contributed by atoms with Gasteiger partial charge in [0.2, 0.25) is 5.91 Å². The molecule has 0 radical (unpaired) electrons. The van der Waals surface area contributed by atoms with Crippen LogP contribution < -0.4 is 5.32 Å². The quantitative estimate of drug-likeness (QED) is 0.896. The highest BCUT2D eigenvalue weighted by molar-refractivity contribution is 5.88. The number of benzene rings is 1. The summed E-state index contributed by atoms with van der Waals surface area (Å²) in [7, 11) is 1.99. The number of hydrogen-bond donors (Lipinski definition) is 1. The highest BCUT2D eigenvalue weighted by Gasteiger charge is 2.33. The van der Waals surface area contributed by atoms with Crippen molar-refractivity contribution in [2.45, 2.75) is 44.6 Å². The smallest absolute Gasteiger partial charge is 0.231 e. The molecule has 2 aliphatic rings. The van der Waals surface area contributed by atoms with Gasteiger partial charge < -0.3 is 10.2 Å². The van der Waals surface area contributed by atoms with Crippen molar-refractivity contribution in [3.05, 3.63) is 29.8 Å². The molecule has 0 saturated heterocycles. The first-order valence-electron chi connectivity index (χ1n) is 7.76. The molecule has 1 heterocycles. The van der Waals surface area contributed by atoms with Gasteiger partial charge in [0.05, 0.1) is 5.92 Å². The van der Waals surface area contributed by atoms with Crippen LogP contribution in [0.2, 0.25) is 0 Å². The number of hydrogen-bond acceptors (Lipinski definition) is 2. The van der Waals surface area contributed by atoms with E-state index in [2.05, 4.69) is 24.4 Å². The van der Waals surface area contributed by atoms with Crippen LogP contribution in [0.3, 0.4) is 0 Å². The second-order valence-corrected chi connectivity index (χ2v) is 6.40. The van der Waals surface area contributed by atoms with Crippen molar-refractivity contribution < 1.29 is 4.79 Å². The highest BCUT2D eigenvalue weighted by Crippen LogP contribution is 2.34. The number of carbonyl (C=O) groups is 1. The Bertz CT molecular complexity index is 500. The van der Waals surface area contributed by atoms with E-state index in [-0.39, 0.29) is 11.8 Å². The molecule has 3 heteroatoms. The van der Waals surface area contributed by atoms with Crippen LogP contribution in [0.25, 0.3) is 0 Å². The lowest BCUT2D eigenvalue weighted by Crippen LogP contribution is -2.42. The van der Waals surface area contributed by atoms with Crippen LogP contribution in [0.4, 0.5) is 5.69 Å². The van der Waals surface area contributed by atoms with Gasteiger partial charge in [-0.2, -0.15) is 0 Å². The number of fused-ring (bicyclic) bond motifs is 1. The maximum absolute atomic E-state index is 12.8. The van der Waals surface area contributed by atoms with Gasteiger partial charge in [-0.15, -0.1) is 0 Å². The minimum absolute atomic E-state index is 0.00608. The predicted octanol–water partition coefficient (Wildman–Crippen LogP) is 3.23. The van der Waals surface area contributed by atoms with E-state index in [0.29, 0.717) is 6.04 Å². The summed E-state index contributed by atoms with van der Waals surface area (Å²) in [6.45, 7) is 3.04. The monoisotopic (exact) mass is 272 g/mol. The van der Waals surface area contributed by atoms with Crippen molar-refractivity contribution in [2.75, 3.05) is 18.9 Å². The predicted molar refractivity (Wildman–Crippen MR) is 81.9 cm³/mol. The zero-order chi connectivity index (χ0) is 14.1. The minimum atomic E-state index is -0.00608. The van der Waals surface area contributed by atoms with Crippen LogP contribution in [0, 0.1) is 5.92 Å². The number of rotatable bonds is 2. The third-order valence-electron chi connectivity index (χ3n) is 4.94. The van der Waals surface area contributed by atoms with Gasteiger partial charge in [-0.05, 0) is 30.4 Å². The van der Waals surface area contributed by atoms with E-state index in [4.69, 9.17) is 0 Å². The number of para-hydroxylation sites is 1. The van der Waals surface area contributed by atoms with Crippen LogP contribution in [0.5, 0.6) is 0 Å². The maximum Gasteiger partial charge on any atom is 0.231 e. The maximum atomic E-state index is 12.8. The number of amides is 1. The Morgan fingerprint density at radius 2 is 2.10 bits per heavy atom. The molecule has 1 aliphatic heterocycles. The minimum Gasteiger partial charge on any atom is -0.384 e. The Morgan fingerprint density at radius 3 is 2.90 bits per heavy atom. The average Bonchev–Trinajstić information content (AvgIpc) is 2.89. The van der Waals surface area contributed by atoms with Crippen LogP contribution in [0.1, 0.15) is 44.1 Å². The summed E-state index contributed by atoms with van der Waals surface area (Å²) < 4.78 is 0. The van der Waals surface area contributed by atoms with Gasteiger partial charge >= 0.3 is 0 Å². The second kappa shape index (κ2) is 5.47. The number of carbonyl (C=O) groups excluding carboxylic acids is 1. The highest BCUT2D eigenvalue weighted by atomic mass is 16.2. The standard InChI is InChI=1S/C17H24N2O/c1-12-6-5-7-13(10-12)19(2)17(20)15-11-18-16-9-4-3-8-14(15)16/h3-4,8-9,12-13,15,18H,5-7,10-11H2,1-2H3. The fourth-order valence-corrected chi connectivity index (χ4v) is 3.68. The van der Waals surface area contributed by atoms with Crippen LogP contribution in [0.15, 0.2) is 24.3 Å². The molecule has 1 aliphatic carbocycles. The van der Waals surface area contributed by atoms with Gasteiger partial charge in [0, 0.05) is 25.3 Å². The van der Waals surface area contributed by atoms with Crippen LogP contribution >= 0.6 is 0 Å². The molecule has 108 valence electrons. The average molecular weight is 272 g/mol. The molecule has 1 fully saturated rings. The number of nitrogens with one attached hydrogen (secondary N) is 1. The van der Waals surface area contributed by atoms with Gasteiger partial charge in [-0.1, -0.05) is 38.0 Å². The Kier molecular flexibility index (Phi) is 3.68. The van der Waals surface area contributed by atoms with Gasteiger partial charge in [-0.3, -0.25) is 4.79 Å². The van der Waals surface area contributed by atoms with Crippen LogP contribution in [-0.2, 0) is 4.79 Å². The van der Waals surface area contributed by atoms with E-state index in [1.807, 2.05) is 24.1 Å². The van der Waals surface area contributed by atoms with E-state index in [1.165, 1.54) is 12.8 Å². The van der Waals surface area contributed by atoms with E-state index in [1.54, 1.807) is 0 Å². The summed E-state index contributed by atoms with van der Waals surface area (Å²) in [5.41, 5.74) is 2.28. The fraction of sp³-hybridized carbons (Fsp3) is 0.588. The Hall–Kier alpha value is -1.51. The van der Waals surface area contributed by atoms with Gasteiger partial charge in [0.1, 0.15) is 0 Å². The lowest BCUT2D eigenvalue weighted by molar-refractivity contribution is -0.134. The van der Waals surface area contributed by atoms with Crippen LogP contribution in [-0.4, -0.2) is 30.4 Å². The Balaban J connectivity index is 1.73. The SMILES string of the molecule is CC1CCCC(N(C)C(=O)C2CNc3ccccc32)C1. The van der Waals surface area contributed by atoms with Crippen molar-refractivity contribution in [1.29, 1.82) is 0 Å². The summed E-state index contributed by atoms with van der Waals surface area (Å²) in [4.78, 5) is 14.8. The molecule has 0 spiro atoms. The number of nitrogens with zero attached hydrogens (tertiary/aromatic N) is 1. The van der Waals surface area contributed by atoms with Gasteiger partial charge in [0.25, 0.3) is 0 Å². The molecule has 1 saturated carbocycles. The lowest BCUT2D eigenvalue weighted by Gasteiger charge is -2.35. The molecular formula is C17H24N2O. The third-order valence-corrected chi connectivity index (χ3v) is 4.94. The zero-order valence-corrected chi connectivity index (χ0v) is 12.4. The summed E-state index contributed by atoms with van der Waals surface area (Å²) in [5, 5.41) is 3.35. The van der Waals surface area contributed by atoms with E-state index in [9.17, 15) is 4.79 Å². The first-order valence-corrected chi connectivity index (χ1v) is 7.76. The Labute approximate surface area is 121 Å². The first kappa shape index (κ1) is 13.5. The topological polar surface area (TPSA) is 32.3 Å². The molecule has 20 heavy (non-hydrogen) atoms. The van der Waals surface area contributed by atoms with E-state index in [0.717, 1.165) is 36.6 Å². The summed E-state index contributed by atoms with van der Waals surface area (Å²) >= 11 is 0. The summed E-state index contributed by atoms with van der Waals surface area (Å²) in [6, 6.07) is 8.61.